The summed E-state index contributed by atoms with van der Waals surface area (Å²) < 4.78 is 26.8. The minimum Gasteiger partial charge on any atom is -0.207 e. The number of rotatable bonds is 3. The summed E-state index contributed by atoms with van der Waals surface area (Å²) >= 11 is 3.45. The molecule has 0 spiro atoms. The lowest BCUT2D eigenvalue weighted by atomic mass is 10.1. The summed E-state index contributed by atoms with van der Waals surface area (Å²) in [6.45, 7) is 1.29. The number of hydrogen-bond acceptors (Lipinski definition) is 2. The van der Waals surface area contributed by atoms with Gasteiger partial charge >= 0.3 is 0 Å². The van der Waals surface area contributed by atoms with E-state index in [1.807, 2.05) is 12.1 Å². The van der Waals surface area contributed by atoms with E-state index in [0.717, 1.165) is 31.0 Å². The molecule has 1 fully saturated rings. The lowest BCUT2D eigenvalue weighted by Gasteiger charge is -2.17. The van der Waals surface area contributed by atoms with Crippen molar-refractivity contribution >= 4 is 26.0 Å². The van der Waals surface area contributed by atoms with Crippen molar-refractivity contribution in [3.05, 3.63) is 29.3 Å². The molecule has 1 unspecified atom stereocenters. The SMILES string of the molecule is O=S(=O)(c1ccc2c(c1)CCC2)N1CCC(CBr)C1. The Balaban J connectivity index is 1.88. The molecule has 1 aliphatic carbocycles. The van der Waals surface area contributed by atoms with Crippen molar-refractivity contribution in [2.75, 3.05) is 18.4 Å². The minimum atomic E-state index is -3.29. The van der Waals surface area contributed by atoms with Crippen molar-refractivity contribution in [2.24, 2.45) is 5.92 Å². The third-order valence-corrected chi connectivity index (χ3v) is 6.95. The van der Waals surface area contributed by atoms with E-state index < -0.39 is 10.0 Å². The molecule has 1 aromatic rings. The fraction of sp³-hybridized carbons (Fsp3) is 0.571. The number of hydrogen-bond donors (Lipinski definition) is 0. The van der Waals surface area contributed by atoms with Crippen LogP contribution in [0.1, 0.15) is 24.0 Å². The first-order chi connectivity index (χ1) is 9.11. The average molecular weight is 344 g/mol. The number of aryl methyl sites for hydroxylation is 2. The number of sulfonamides is 1. The van der Waals surface area contributed by atoms with E-state index in [4.69, 9.17) is 0 Å². The van der Waals surface area contributed by atoms with Crippen LogP contribution >= 0.6 is 15.9 Å². The molecule has 0 N–H and O–H groups in total. The molecule has 1 aromatic carbocycles. The lowest BCUT2D eigenvalue weighted by molar-refractivity contribution is 0.466. The lowest BCUT2D eigenvalue weighted by Crippen LogP contribution is -2.29. The molecule has 2 aliphatic rings. The van der Waals surface area contributed by atoms with Crippen molar-refractivity contribution in [1.29, 1.82) is 0 Å². The van der Waals surface area contributed by atoms with E-state index in [-0.39, 0.29) is 0 Å². The summed E-state index contributed by atoms with van der Waals surface area (Å²) in [5.41, 5.74) is 2.54. The third-order valence-electron chi connectivity index (χ3n) is 4.17. The van der Waals surface area contributed by atoms with E-state index in [1.165, 1.54) is 11.1 Å². The van der Waals surface area contributed by atoms with Crippen molar-refractivity contribution in [2.45, 2.75) is 30.6 Å². The van der Waals surface area contributed by atoms with Gasteiger partial charge in [0, 0.05) is 18.4 Å². The smallest absolute Gasteiger partial charge is 0.207 e. The molecule has 3 rings (SSSR count). The van der Waals surface area contributed by atoms with Gasteiger partial charge in [0.1, 0.15) is 0 Å². The summed E-state index contributed by atoms with van der Waals surface area (Å²) in [5, 5.41) is 0.878. The normalized spacial score (nSPS) is 23.7. The molecule has 0 bridgehead atoms. The van der Waals surface area contributed by atoms with Crippen LogP contribution in [-0.4, -0.2) is 31.1 Å². The summed E-state index contributed by atoms with van der Waals surface area (Å²) in [5.74, 6) is 0.448. The monoisotopic (exact) mass is 343 g/mol. The zero-order valence-electron chi connectivity index (χ0n) is 10.8. The van der Waals surface area contributed by atoms with Crippen molar-refractivity contribution in [3.8, 4) is 0 Å². The molecular weight excluding hydrogens is 326 g/mol. The van der Waals surface area contributed by atoms with Gasteiger partial charge in [-0.1, -0.05) is 22.0 Å². The van der Waals surface area contributed by atoms with Gasteiger partial charge in [-0.05, 0) is 54.9 Å². The second-order valence-electron chi connectivity index (χ2n) is 5.46. The molecule has 19 heavy (non-hydrogen) atoms. The van der Waals surface area contributed by atoms with E-state index in [9.17, 15) is 8.42 Å². The van der Waals surface area contributed by atoms with Gasteiger partial charge in [0.05, 0.1) is 4.90 Å². The van der Waals surface area contributed by atoms with Crippen molar-refractivity contribution in [3.63, 3.8) is 0 Å². The highest BCUT2D eigenvalue weighted by Crippen LogP contribution is 2.29. The van der Waals surface area contributed by atoms with Gasteiger partial charge in [-0.2, -0.15) is 4.31 Å². The fourth-order valence-electron chi connectivity index (χ4n) is 3.00. The quantitative estimate of drug-likeness (QED) is 0.791. The van der Waals surface area contributed by atoms with Gasteiger partial charge in [0.2, 0.25) is 10.0 Å². The molecule has 1 atom stereocenters. The van der Waals surface area contributed by atoms with Crippen LogP contribution in [0.2, 0.25) is 0 Å². The number of alkyl halides is 1. The molecule has 1 saturated heterocycles. The van der Waals surface area contributed by atoms with Crippen LogP contribution in [-0.2, 0) is 22.9 Å². The van der Waals surface area contributed by atoms with Crippen LogP contribution in [0.25, 0.3) is 0 Å². The second kappa shape index (κ2) is 5.19. The Morgan fingerprint density at radius 3 is 2.79 bits per heavy atom. The summed E-state index contributed by atoms with van der Waals surface area (Å²) in [7, 11) is -3.29. The molecule has 0 saturated carbocycles. The molecule has 0 amide bonds. The molecule has 1 heterocycles. The second-order valence-corrected chi connectivity index (χ2v) is 8.04. The summed E-state index contributed by atoms with van der Waals surface area (Å²) in [4.78, 5) is 0.475. The van der Waals surface area contributed by atoms with Gasteiger partial charge in [0.15, 0.2) is 0 Å². The fourth-order valence-corrected chi connectivity index (χ4v) is 5.11. The predicted octanol–water partition coefficient (Wildman–Crippen LogP) is 2.58. The van der Waals surface area contributed by atoms with E-state index in [0.29, 0.717) is 23.9 Å². The Bertz CT molecular complexity index is 585. The van der Waals surface area contributed by atoms with Crippen LogP contribution in [0, 0.1) is 5.92 Å². The van der Waals surface area contributed by atoms with E-state index >= 15 is 0 Å². The average Bonchev–Trinajstić information content (AvgIpc) is 3.06. The Labute approximate surface area is 123 Å². The number of nitrogens with zero attached hydrogens (tertiary/aromatic N) is 1. The first-order valence-electron chi connectivity index (χ1n) is 6.79. The summed E-state index contributed by atoms with van der Waals surface area (Å²) in [6.07, 6.45) is 4.21. The molecule has 1 aliphatic heterocycles. The van der Waals surface area contributed by atoms with Crippen molar-refractivity contribution < 1.29 is 8.42 Å². The predicted molar refractivity (Wildman–Crippen MR) is 79.1 cm³/mol. The van der Waals surface area contributed by atoms with Gasteiger partial charge in [-0.25, -0.2) is 8.42 Å². The number of benzene rings is 1. The maximum absolute atomic E-state index is 12.6. The van der Waals surface area contributed by atoms with Gasteiger partial charge < -0.3 is 0 Å². The Morgan fingerprint density at radius 1 is 1.26 bits per heavy atom. The Hall–Kier alpha value is -0.390. The molecule has 0 radical (unpaired) electrons. The first kappa shape index (κ1) is 13.6. The highest BCUT2D eigenvalue weighted by atomic mass is 79.9. The molecule has 5 heteroatoms. The zero-order valence-corrected chi connectivity index (χ0v) is 13.2. The molecule has 3 nitrogen and oxygen atoms in total. The van der Waals surface area contributed by atoms with Gasteiger partial charge in [0.25, 0.3) is 0 Å². The highest BCUT2D eigenvalue weighted by Gasteiger charge is 2.32. The Morgan fingerprint density at radius 2 is 2.05 bits per heavy atom. The molecular formula is C14H18BrNO2S. The molecule has 0 aromatic heterocycles. The van der Waals surface area contributed by atoms with Crippen LogP contribution in [0.5, 0.6) is 0 Å². The number of fused-ring (bicyclic) bond motifs is 1. The topological polar surface area (TPSA) is 37.4 Å². The van der Waals surface area contributed by atoms with Crippen LogP contribution in [0.3, 0.4) is 0 Å². The zero-order chi connectivity index (χ0) is 13.5. The largest absolute Gasteiger partial charge is 0.243 e. The molecule has 104 valence electrons. The number of halogens is 1. The minimum absolute atomic E-state index is 0.448. The van der Waals surface area contributed by atoms with E-state index in [1.54, 1.807) is 10.4 Å². The van der Waals surface area contributed by atoms with Gasteiger partial charge in [-0.3, -0.25) is 0 Å². The maximum atomic E-state index is 12.6. The van der Waals surface area contributed by atoms with E-state index in [2.05, 4.69) is 15.9 Å². The van der Waals surface area contributed by atoms with Crippen molar-refractivity contribution in [1.82, 2.24) is 4.31 Å². The highest BCUT2D eigenvalue weighted by molar-refractivity contribution is 9.09. The van der Waals surface area contributed by atoms with Crippen LogP contribution in [0.15, 0.2) is 23.1 Å². The first-order valence-corrected chi connectivity index (χ1v) is 9.35. The standard InChI is InChI=1S/C14H18BrNO2S/c15-9-11-6-7-16(10-11)19(17,18)14-5-4-12-2-1-3-13(12)8-14/h4-5,8,11H,1-3,6-7,9-10H2. The maximum Gasteiger partial charge on any atom is 0.243 e. The van der Waals surface area contributed by atoms with Crippen LogP contribution in [0.4, 0.5) is 0 Å². The Kier molecular flexibility index (Phi) is 3.71. The van der Waals surface area contributed by atoms with Crippen LogP contribution < -0.4 is 0 Å². The summed E-state index contributed by atoms with van der Waals surface area (Å²) in [6, 6.07) is 5.66. The van der Waals surface area contributed by atoms with Gasteiger partial charge in [-0.15, -0.1) is 0 Å². The third kappa shape index (κ3) is 2.48.